The van der Waals surface area contributed by atoms with Crippen LogP contribution in [0.5, 0.6) is 0 Å². The Balaban J connectivity index is 1.20. The van der Waals surface area contributed by atoms with Gasteiger partial charge in [-0.1, -0.05) is 182 Å². The number of nitrogens with zero attached hydrogens (tertiary/aromatic N) is 2. The van der Waals surface area contributed by atoms with Crippen molar-refractivity contribution in [2.24, 2.45) is 0 Å². The quantitative estimate of drug-likeness (QED) is 0.146. The van der Waals surface area contributed by atoms with Crippen LogP contribution in [0.3, 0.4) is 0 Å². The average Bonchev–Trinajstić information content (AvgIpc) is 3.35. The van der Waals surface area contributed by atoms with Gasteiger partial charge >= 0.3 is 0 Å². The fourth-order valence-electron chi connectivity index (χ4n) is 7.94. The predicted octanol–water partition coefficient (Wildman–Crippen LogP) is 15.5. The van der Waals surface area contributed by atoms with Gasteiger partial charge in [0.2, 0.25) is 0 Å². The van der Waals surface area contributed by atoms with Gasteiger partial charge in [0.25, 0.3) is 0 Å². The third-order valence-corrected chi connectivity index (χ3v) is 11.0. The normalized spacial score (nSPS) is 11.0. The minimum Gasteiger partial charge on any atom is -0.248 e. The number of aromatic nitrogens is 2. The van der Waals surface area contributed by atoms with E-state index in [1.165, 1.54) is 0 Å². The molecule has 0 N–H and O–H groups in total. The molecule has 10 aromatic rings. The molecule has 0 spiro atoms. The van der Waals surface area contributed by atoms with Crippen LogP contribution in [0.2, 0.25) is 0 Å². The van der Waals surface area contributed by atoms with Crippen molar-refractivity contribution in [1.82, 2.24) is 9.97 Å². The van der Waals surface area contributed by atoms with Crippen molar-refractivity contribution in [3.05, 3.63) is 243 Å². The molecule has 2 heterocycles. The first-order valence-corrected chi connectivity index (χ1v) is 20.4. The van der Waals surface area contributed by atoms with Crippen molar-refractivity contribution in [2.75, 3.05) is 0 Å². The average molecular weight is 765 g/mol. The molecule has 0 aliphatic heterocycles. The van der Waals surface area contributed by atoms with Gasteiger partial charge in [0.1, 0.15) is 0 Å². The maximum absolute atomic E-state index is 5.20. The molecule has 0 aliphatic carbocycles. The molecule has 10 rings (SSSR count). The Bertz CT molecular complexity index is 2710. The first-order chi connectivity index (χ1) is 29.7. The predicted molar refractivity (Wildman–Crippen MR) is 251 cm³/mol. The van der Waals surface area contributed by atoms with Gasteiger partial charge in [-0.3, -0.25) is 0 Å². The van der Waals surface area contributed by atoms with Gasteiger partial charge in [0.15, 0.2) is 0 Å². The molecule has 60 heavy (non-hydrogen) atoms. The SMILES string of the molecule is c1ccc(-c2cc(-c3cc(-c4ccccc4)cc(-c4cc(-c5ccccc5)nc(-c5ccccc5)c4)c3)cc(-c3cc(-c4ccccc4)nc(-c4ccccc4)c3)c2)cc1. The highest BCUT2D eigenvalue weighted by atomic mass is 14.7. The van der Waals surface area contributed by atoms with E-state index in [0.717, 1.165) is 101 Å². The third-order valence-electron chi connectivity index (χ3n) is 11.0. The summed E-state index contributed by atoms with van der Waals surface area (Å²) in [6.45, 7) is 0. The van der Waals surface area contributed by atoms with Crippen molar-refractivity contribution < 1.29 is 0 Å². The smallest absolute Gasteiger partial charge is 0.0715 e. The number of hydrogen-bond acceptors (Lipinski definition) is 2. The molecule has 0 atom stereocenters. The van der Waals surface area contributed by atoms with Crippen LogP contribution in [0.15, 0.2) is 243 Å². The molecular formula is C58H40N2. The van der Waals surface area contributed by atoms with E-state index in [-0.39, 0.29) is 0 Å². The summed E-state index contributed by atoms with van der Waals surface area (Å²) in [7, 11) is 0. The number of hydrogen-bond donors (Lipinski definition) is 0. The second kappa shape index (κ2) is 16.5. The monoisotopic (exact) mass is 764 g/mol. The summed E-state index contributed by atoms with van der Waals surface area (Å²) in [6.07, 6.45) is 0. The molecule has 0 fully saturated rings. The minimum atomic E-state index is 0.938. The van der Waals surface area contributed by atoms with Gasteiger partial charge in [-0.05, 0) is 116 Å². The Morgan fingerprint density at radius 2 is 0.317 bits per heavy atom. The van der Waals surface area contributed by atoms with Gasteiger partial charge in [-0.2, -0.15) is 0 Å². The molecule has 0 saturated carbocycles. The lowest BCUT2D eigenvalue weighted by atomic mass is 9.89. The molecule has 0 aliphatic rings. The maximum atomic E-state index is 5.20. The number of rotatable bonds is 9. The zero-order chi connectivity index (χ0) is 40.1. The summed E-state index contributed by atoms with van der Waals surface area (Å²) in [5.74, 6) is 0. The molecule has 0 radical (unpaired) electrons. The molecular weight excluding hydrogens is 725 g/mol. The molecule has 0 amide bonds. The Labute approximate surface area is 351 Å². The van der Waals surface area contributed by atoms with Crippen LogP contribution >= 0.6 is 0 Å². The highest BCUT2D eigenvalue weighted by Crippen LogP contribution is 2.40. The fourth-order valence-corrected chi connectivity index (χ4v) is 7.94. The number of benzene rings is 8. The van der Waals surface area contributed by atoms with Crippen LogP contribution in [0.1, 0.15) is 0 Å². The standard InChI is InChI=1S/C58H40N2/c1-7-19-41(20-8-1)47-31-49(35-51(33-47)53-37-55(43-23-11-3-12-24-43)59-56(38-53)44-25-13-4-14-26-44)50-32-48(42-21-9-2-10-22-42)34-52(36-50)54-39-57(45-27-15-5-16-28-45)60-58(40-54)46-29-17-6-18-30-46/h1-40H. The largest absolute Gasteiger partial charge is 0.248 e. The van der Waals surface area contributed by atoms with Crippen molar-refractivity contribution in [2.45, 2.75) is 0 Å². The molecule has 282 valence electrons. The molecule has 2 heteroatoms. The van der Waals surface area contributed by atoms with E-state index in [1.54, 1.807) is 0 Å². The molecule has 0 bridgehead atoms. The fraction of sp³-hybridized carbons (Fsp3) is 0. The van der Waals surface area contributed by atoms with Gasteiger partial charge in [-0.25, -0.2) is 9.97 Å². The van der Waals surface area contributed by atoms with Crippen molar-refractivity contribution in [1.29, 1.82) is 0 Å². The highest BCUT2D eigenvalue weighted by molar-refractivity contribution is 5.88. The number of pyridine rings is 2. The first kappa shape index (κ1) is 36.4. The van der Waals surface area contributed by atoms with Gasteiger partial charge in [0, 0.05) is 22.3 Å². The second-order valence-corrected chi connectivity index (χ2v) is 15.0. The van der Waals surface area contributed by atoms with Crippen LogP contribution in [-0.2, 0) is 0 Å². The Kier molecular flexibility index (Phi) is 10.0. The van der Waals surface area contributed by atoms with E-state index >= 15 is 0 Å². The van der Waals surface area contributed by atoms with E-state index in [2.05, 4.69) is 243 Å². The Morgan fingerprint density at radius 1 is 0.150 bits per heavy atom. The van der Waals surface area contributed by atoms with E-state index in [9.17, 15) is 0 Å². The molecule has 2 nitrogen and oxygen atoms in total. The summed E-state index contributed by atoms with van der Waals surface area (Å²) < 4.78 is 0. The van der Waals surface area contributed by atoms with Crippen LogP contribution in [0.25, 0.3) is 101 Å². The molecule has 0 saturated heterocycles. The lowest BCUT2D eigenvalue weighted by Crippen LogP contribution is -1.93. The summed E-state index contributed by atoms with van der Waals surface area (Å²) in [5.41, 5.74) is 19.4. The van der Waals surface area contributed by atoms with Crippen molar-refractivity contribution >= 4 is 0 Å². The summed E-state index contributed by atoms with van der Waals surface area (Å²) >= 11 is 0. The van der Waals surface area contributed by atoms with Crippen LogP contribution in [0, 0.1) is 0 Å². The zero-order valence-electron chi connectivity index (χ0n) is 33.0. The van der Waals surface area contributed by atoms with Gasteiger partial charge in [-0.15, -0.1) is 0 Å². The van der Waals surface area contributed by atoms with Gasteiger partial charge in [0.05, 0.1) is 22.8 Å². The van der Waals surface area contributed by atoms with Crippen molar-refractivity contribution in [3.63, 3.8) is 0 Å². The first-order valence-electron chi connectivity index (χ1n) is 20.4. The topological polar surface area (TPSA) is 25.8 Å². The van der Waals surface area contributed by atoms with Gasteiger partial charge < -0.3 is 0 Å². The Morgan fingerprint density at radius 3 is 0.533 bits per heavy atom. The second-order valence-electron chi connectivity index (χ2n) is 15.0. The lowest BCUT2D eigenvalue weighted by molar-refractivity contribution is 1.32. The molecule has 2 aromatic heterocycles. The Hall–Kier alpha value is -7.94. The third kappa shape index (κ3) is 7.83. The van der Waals surface area contributed by atoms with Crippen LogP contribution < -0.4 is 0 Å². The summed E-state index contributed by atoms with van der Waals surface area (Å²) in [6, 6.07) is 86.2. The summed E-state index contributed by atoms with van der Waals surface area (Å²) in [5, 5.41) is 0. The van der Waals surface area contributed by atoms with Crippen LogP contribution in [-0.4, -0.2) is 9.97 Å². The zero-order valence-corrected chi connectivity index (χ0v) is 33.0. The minimum absolute atomic E-state index is 0.938. The van der Waals surface area contributed by atoms with Crippen molar-refractivity contribution in [3.8, 4) is 101 Å². The van der Waals surface area contributed by atoms with E-state index < -0.39 is 0 Å². The van der Waals surface area contributed by atoms with E-state index in [1.807, 2.05) is 0 Å². The lowest BCUT2D eigenvalue weighted by Gasteiger charge is -2.16. The molecule has 8 aromatic carbocycles. The summed E-state index contributed by atoms with van der Waals surface area (Å²) in [4.78, 5) is 10.4. The van der Waals surface area contributed by atoms with E-state index in [4.69, 9.17) is 9.97 Å². The highest BCUT2D eigenvalue weighted by Gasteiger charge is 2.16. The van der Waals surface area contributed by atoms with E-state index in [0.29, 0.717) is 0 Å². The maximum Gasteiger partial charge on any atom is 0.0715 e. The molecule has 0 unspecified atom stereocenters. The van der Waals surface area contributed by atoms with Crippen LogP contribution in [0.4, 0.5) is 0 Å².